The summed E-state index contributed by atoms with van der Waals surface area (Å²) in [6.45, 7) is 2.84. The van der Waals surface area contributed by atoms with Crippen LogP contribution in [-0.2, 0) is 6.54 Å². The Hall–Kier alpha value is -1.57. The highest BCUT2D eigenvalue weighted by Crippen LogP contribution is 2.22. The molecule has 1 aliphatic heterocycles. The molecule has 1 N–H and O–H groups in total. The number of aryl methyl sites for hydroxylation is 1. The van der Waals surface area contributed by atoms with Crippen LogP contribution >= 0.6 is 0 Å². The second-order valence-corrected chi connectivity index (χ2v) is 5.25. The molecule has 1 atom stereocenters. The highest BCUT2D eigenvalue weighted by molar-refractivity contribution is 5.30. The smallest absolute Gasteiger partial charge is 0.365 e. The highest BCUT2D eigenvalue weighted by atomic mass is 19.4. The SMILES string of the molecule is CCn1ccnc(NCC2CCN(CC(F)(F)F)C2)c1=O. The monoisotopic (exact) mass is 304 g/mol. The Labute approximate surface area is 120 Å². The molecule has 21 heavy (non-hydrogen) atoms. The van der Waals surface area contributed by atoms with E-state index < -0.39 is 12.7 Å². The summed E-state index contributed by atoms with van der Waals surface area (Å²) in [5.41, 5.74) is -0.204. The van der Waals surface area contributed by atoms with E-state index >= 15 is 0 Å². The standard InChI is InChI=1S/C13H19F3N4O/c1-2-20-6-4-17-11(12(20)21)18-7-10-3-5-19(8-10)9-13(14,15)16/h4,6,10H,2-3,5,7-9H2,1H3,(H,17,18). The molecule has 0 spiro atoms. The number of aromatic nitrogens is 2. The van der Waals surface area contributed by atoms with Gasteiger partial charge in [0.2, 0.25) is 0 Å². The van der Waals surface area contributed by atoms with Crippen LogP contribution in [0, 0.1) is 5.92 Å². The number of alkyl halides is 3. The number of hydrogen-bond acceptors (Lipinski definition) is 4. The molecule has 0 aliphatic carbocycles. The van der Waals surface area contributed by atoms with Crippen LogP contribution in [0.5, 0.6) is 0 Å². The normalized spacial score (nSPS) is 19.9. The van der Waals surface area contributed by atoms with E-state index in [1.54, 1.807) is 6.20 Å². The molecular weight excluding hydrogens is 285 g/mol. The molecule has 2 rings (SSSR count). The van der Waals surface area contributed by atoms with Crippen LogP contribution in [0.25, 0.3) is 0 Å². The molecule has 1 aromatic rings. The average molecular weight is 304 g/mol. The van der Waals surface area contributed by atoms with E-state index in [1.807, 2.05) is 6.92 Å². The van der Waals surface area contributed by atoms with E-state index in [4.69, 9.17) is 0 Å². The molecule has 1 unspecified atom stereocenters. The number of nitrogens with zero attached hydrogens (tertiary/aromatic N) is 3. The summed E-state index contributed by atoms with van der Waals surface area (Å²) in [6.07, 6.45) is -0.317. The molecular formula is C13H19F3N4O. The minimum Gasteiger partial charge on any atom is -0.365 e. The van der Waals surface area contributed by atoms with Crippen LogP contribution < -0.4 is 10.9 Å². The van der Waals surface area contributed by atoms with E-state index in [0.717, 1.165) is 0 Å². The lowest BCUT2D eigenvalue weighted by Crippen LogP contribution is -2.33. The summed E-state index contributed by atoms with van der Waals surface area (Å²) in [5.74, 6) is 0.359. The van der Waals surface area contributed by atoms with Crippen LogP contribution in [-0.4, -0.2) is 46.8 Å². The maximum absolute atomic E-state index is 12.3. The topological polar surface area (TPSA) is 50.2 Å². The van der Waals surface area contributed by atoms with Gasteiger partial charge in [0.15, 0.2) is 5.82 Å². The number of nitrogens with one attached hydrogen (secondary N) is 1. The third-order valence-electron chi connectivity index (χ3n) is 3.59. The van der Waals surface area contributed by atoms with Crippen molar-refractivity contribution in [3.63, 3.8) is 0 Å². The summed E-state index contributed by atoms with van der Waals surface area (Å²) < 4.78 is 38.5. The molecule has 0 saturated carbocycles. The van der Waals surface area contributed by atoms with Crippen LogP contribution in [0.1, 0.15) is 13.3 Å². The van der Waals surface area contributed by atoms with Crippen molar-refractivity contribution >= 4 is 5.82 Å². The van der Waals surface area contributed by atoms with E-state index in [0.29, 0.717) is 32.6 Å². The summed E-state index contributed by atoms with van der Waals surface area (Å²) in [5, 5.41) is 2.96. The zero-order valence-electron chi connectivity index (χ0n) is 11.9. The van der Waals surface area contributed by atoms with Gasteiger partial charge in [0, 0.05) is 32.0 Å². The molecule has 2 heterocycles. The Balaban J connectivity index is 1.86. The van der Waals surface area contributed by atoms with Gasteiger partial charge in [-0.05, 0) is 25.8 Å². The molecule has 1 fully saturated rings. The lowest BCUT2D eigenvalue weighted by molar-refractivity contribution is -0.143. The van der Waals surface area contributed by atoms with Crippen molar-refractivity contribution in [3.8, 4) is 0 Å². The Morgan fingerprint density at radius 2 is 2.24 bits per heavy atom. The van der Waals surface area contributed by atoms with Gasteiger partial charge >= 0.3 is 6.18 Å². The highest BCUT2D eigenvalue weighted by Gasteiger charge is 2.34. The Morgan fingerprint density at radius 1 is 1.48 bits per heavy atom. The molecule has 0 aromatic carbocycles. The Kier molecular flexibility index (Phi) is 4.87. The van der Waals surface area contributed by atoms with Crippen LogP contribution in [0.3, 0.4) is 0 Å². The first-order valence-electron chi connectivity index (χ1n) is 6.97. The average Bonchev–Trinajstić information content (AvgIpc) is 2.83. The van der Waals surface area contributed by atoms with E-state index in [-0.39, 0.29) is 17.3 Å². The van der Waals surface area contributed by atoms with Crippen LogP contribution in [0.4, 0.5) is 19.0 Å². The minimum atomic E-state index is -4.15. The predicted molar refractivity (Wildman–Crippen MR) is 73.3 cm³/mol. The second-order valence-electron chi connectivity index (χ2n) is 5.25. The quantitative estimate of drug-likeness (QED) is 0.897. The summed E-state index contributed by atoms with van der Waals surface area (Å²) in [4.78, 5) is 17.3. The van der Waals surface area contributed by atoms with Crippen LogP contribution in [0.2, 0.25) is 0 Å². The fraction of sp³-hybridized carbons (Fsp3) is 0.692. The van der Waals surface area contributed by atoms with E-state index in [1.165, 1.54) is 15.7 Å². The van der Waals surface area contributed by atoms with Crippen molar-refractivity contribution < 1.29 is 13.2 Å². The Bertz CT molecular complexity index is 529. The third kappa shape index (κ3) is 4.45. The van der Waals surface area contributed by atoms with Gasteiger partial charge in [-0.1, -0.05) is 0 Å². The zero-order valence-corrected chi connectivity index (χ0v) is 11.9. The lowest BCUT2D eigenvalue weighted by Gasteiger charge is -2.18. The molecule has 0 bridgehead atoms. The van der Waals surface area contributed by atoms with Gasteiger partial charge in [0.05, 0.1) is 6.54 Å². The summed E-state index contributed by atoms with van der Waals surface area (Å²) in [6, 6.07) is 0. The molecule has 1 saturated heterocycles. The van der Waals surface area contributed by atoms with E-state index in [2.05, 4.69) is 10.3 Å². The van der Waals surface area contributed by atoms with Crippen molar-refractivity contribution in [2.24, 2.45) is 5.92 Å². The minimum absolute atomic E-state index is 0.101. The van der Waals surface area contributed by atoms with Gasteiger partial charge in [0.25, 0.3) is 5.56 Å². The van der Waals surface area contributed by atoms with Crippen molar-refractivity contribution in [1.82, 2.24) is 14.5 Å². The first-order chi connectivity index (χ1) is 9.89. The van der Waals surface area contributed by atoms with Crippen molar-refractivity contribution in [2.45, 2.75) is 26.1 Å². The summed E-state index contributed by atoms with van der Waals surface area (Å²) >= 11 is 0. The molecule has 0 amide bonds. The number of anilines is 1. The molecule has 0 radical (unpaired) electrons. The van der Waals surface area contributed by atoms with Gasteiger partial charge in [-0.25, -0.2) is 4.98 Å². The zero-order chi connectivity index (χ0) is 15.5. The number of likely N-dealkylation sites (tertiary alicyclic amines) is 1. The third-order valence-corrected chi connectivity index (χ3v) is 3.59. The van der Waals surface area contributed by atoms with Gasteiger partial charge < -0.3 is 9.88 Å². The van der Waals surface area contributed by atoms with Crippen molar-refractivity contribution in [3.05, 3.63) is 22.7 Å². The number of hydrogen-bond donors (Lipinski definition) is 1. The fourth-order valence-corrected chi connectivity index (χ4v) is 2.54. The first kappa shape index (κ1) is 15.8. The predicted octanol–water partition coefficient (Wildman–Crippen LogP) is 1.56. The largest absolute Gasteiger partial charge is 0.401 e. The van der Waals surface area contributed by atoms with Gasteiger partial charge in [0.1, 0.15) is 0 Å². The van der Waals surface area contributed by atoms with Gasteiger partial charge in [-0.2, -0.15) is 13.2 Å². The molecule has 1 aromatic heterocycles. The van der Waals surface area contributed by atoms with Gasteiger partial charge in [-0.3, -0.25) is 9.69 Å². The molecule has 8 heteroatoms. The maximum atomic E-state index is 12.3. The second kappa shape index (κ2) is 6.46. The fourth-order valence-electron chi connectivity index (χ4n) is 2.54. The Morgan fingerprint density at radius 3 is 2.90 bits per heavy atom. The molecule has 5 nitrogen and oxygen atoms in total. The number of halogens is 3. The number of rotatable bonds is 5. The van der Waals surface area contributed by atoms with E-state index in [9.17, 15) is 18.0 Å². The summed E-state index contributed by atoms with van der Waals surface area (Å²) in [7, 11) is 0. The maximum Gasteiger partial charge on any atom is 0.401 e. The molecule has 118 valence electrons. The van der Waals surface area contributed by atoms with Crippen molar-refractivity contribution in [2.75, 3.05) is 31.5 Å². The lowest BCUT2D eigenvalue weighted by atomic mass is 10.1. The van der Waals surface area contributed by atoms with Gasteiger partial charge in [-0.15, -0.1) is 0 Å². The molecule has 1 aliphatic rings. The van der Waals surface area contributed by atoms with Crippen LogP contribution in [0.15, 0.2) is 17.2 Å². The van der Waals surface area contributed by atoms with Crippen molar-refractivity contribution in [1.29, 1.82) is 0 Å². The first-order valence-corrected chi connectivity index (χ1v) is 6.97.